The molecule has 3 rings (SSSR count). The van der Waals surface area contributed by atoms with Crippen LogP contribution in [0.4, 0.5) is 0 Å². The van der Waals surface area contributed by atoms with Gasteiger partial charge in [0.1, 0.15) is 0 Å². The van der Waals surface area contributed by atoms with Gasteiger partial charge in [-0.05, 0) is 37.0 Å². The van der Waals surface area contributed by atoms with Gasteiger partial charge in [0.2, 0.25) is 0 Å². The van der Waals surface area contributed by atoms with Gasteiger partial charge in [0.25, 0.3) is 0 Å². The number of benzene rings is 3. The second kappa shape index (κ2) is 14.1. The van der Waals surface area contributed by atoms with Gasteiger partial charge in [0.05, 0.1) is 5.78 Å². The monoisotopic (exact) mass is 662 g/mol. The SMILES string of the molecule is Cc1ccccc1[C-]=C(C=C([C-]=O)Sc1ccccc1)C(=O)CCCc1ccccc1.[U+2]. The third-order valence-electron chi connectivity index (χ3n) is 4.77. The summed E-state index contributed by atoms with van der Waals surface area (Å²) in [6, 6.07) is 27.5. The third kappa shape index (κ3) is 8.43. The number of hydrogen-bond acceptors (Lipinski definition) is 3. The van der Waals surface area contributed by atoms with Gasteiger partial charge in [-0.3, -0.25) is 0 Å². The summed E-state index contributed by atoms with van der Waals surface area (Å²) in [5.41, 5.74) is 3.49. The Labute approximate surface area is 218 Å². The Kier molecular flexibility index (Phi) is 11.5. The van der Waals surface area contributed by atoms with Gasteiger partial charge >= 0.3 is 31.1 Å². The molecular weight excluding hydrogens is 638 g/mol. The van der Waals surface area contributed by atoms with E-state index >= 15 is 0 Å². The Morgan fingerprint density at radius 2 is 1.53 bits per heavy atom. The second-order valence-electron chi connectivity index (χ2n) is 7.14. The Morgan fingerprint density at radius 1 is 0.906 bits per heavy atom. The number of aryl methyl sites for hydroxylation is 2. The molecule has 0 aliphatic heterocycles. The van der Waals surface area contributed by atoms with Gasteiger partial charge in [-0.2, -0.15) is 6.08 Å². The van der Waals surface area contributed by atoms with Crippen LogP contribution in [0.1, 0.15) is 29.5 Å². The number of ketones is 1. The molecule has 3 aromatic carbocycles. The summed E-state index contributed by atoms with van der Waals surface area (Å²) in [5.74, 6) is -0.0272. The molecule has 0 saturated carbocycles. The fourth-order valence-corrected chi connectivity index (χ4v) is 3.87. The van der Waals surface area contributed by atoms with Crippen molar-refractivity contribution in [1.29, 1.82) is 0 Å². The van der Waals surface area contributed by atoms with Crippen molar-refractivity contribution < 1.29 is 40.7 Å². The number of Topliss-reactive ketones (excluding diaryl/α,β-unsaturated/α-hetero) is 1. The van der Waals surface area contributed by atoms with Gasteiger partial charge in [-0.15, -0.1) is 45.5 Å². The molecule has 0 radical (unpaired) electrons. The van der Waals surface area contributed by atoms with E-state index in [1.54, 1.807) is 6.08 Å². The van der Waals surface area contributed by atoms with E-state index in [1.165, 1.54) is 17.3 Å². The zero-order valence-corrected chi connectivity index (χ0v) is 23.0. The van der Waals surface area contributed by atoms with E-state index in [9.17, 15) is 9.59 Å². The number of hydrogen-bond donors (Lipinski definition) is 0. The van der Waals surface area contributed by atoms with Crippen molar-refractivity contribution in [2.75, 3.05) is 0 Å². The van der Waals surface area contributed by atoms with Crippen molar-refractivity contribution in [1.82, 2.24) is 0 Å². The first-order valence-corrected chi connectivity index (χ1v) is 11.1. The summed E-state index contributed by atoms with van der Waals surface area (Å²) < 4.78 is 0. The molecule has 0 atom stereocenters. The summed E-state index contributed by atoms with van der Waals surface area (Å²) in [6.45, 7) is 1.98. The van der Waals surface area contributed by atoms with Crippen LogP contribution in [0.3, 0.4) is 0 Å². The molecule has 0 amide bonds. The van der Waals surface area contributed by atoms with Crippen molar-refractivity contribution in [3.05, 3.63) is 124 Å². The van der Waals surface area contributed by atoms with Crippen molar-refractivity contribution >= 4 is 23.8 Å². The first-order valence-electron chi connectivity index (χ1n) is 10.2. The first kappa shape index (κ1) is 26.1. The minimum atomic E-state index is -0.0272. The standard InChI is InChI=1S/C28H24O2S.U/c1-22-11-8-9-15-24(22)19-25(20-27(21-29)31-26-16-6-3-7-17-26)28(30)18-10-14-23-12-4-2-5-13-23;/h2-9,11-13,15-17,20H,10,14,18H2,1H3;/q-2;+2. The van der Waals surface area contributed by atoms with Crippen LogP contribution >= 0.6 is 11.8 Å². The first-order chi connectivity index (χ1) is 15.2. The van der Waals surface area contributed by atoms with Crippen LogP contribution in [0, 0.1) is 44.1 Å². The predicted octanol–water partition coefficient (Wildman–Crippen LogP) is 6.45. The van der Waals surface area contributed by atoms with Gasteiger partial charge in [0, 0.05) is 11.2 Å². The average molecular weight is 663 g/mol. The van der Waals surface area contributed by atoms with E-state index in [2.05, 4.69) is 18.2 Å². The predicted molar refractivity (Wildman–Crippen MR) is 127 cm³/mol. The molecule has 0 unspecified atom stereocenters. The number of rotatable bonds is 10. The Hall–Kier alpha value is -2.12. The van der Waals surface area contributed by atoms with E-state index in [0.717, 1.165) is 28.9 Å². The minimum absolute atomic E-state index is 0. The summed E-state index contributed by atoms with van der Waals surface area (Å²) >= 11 is 1.29. The molecule has 0 aromatic heterocycles. The fraction of sp³-hybridized carbons (Fsp3) is 0.143. The molecular formula is C28H24O2SU. The van der Waals surface area contributed by atoms with Gasteiger partial charge < -0.3 is 9.59 Å². The Balaban J connectivity index is 0.00000363. The number of carbonyl (C=O) groups excluding carboxylic acids is 2. The van der Waals surface area contributed by atoms with Crippen molar-refractivity contribution in [2.45, 2.75) is 31.1 Å². The maximum atomic E-state index is 13.1. The minimum Gasteiger partial charge on any atom is -0.418 e. The van der Waals surface area contributed by atoms with Crippen LogP contribution in [-0.2, 0) is 16.0 Å². The maximum absolute atomic E-state index is 13.1. The smallest absolute Gasteiger partial charge is 0.418 e. The summed E-state index contributed by atoms with van der Waals surface area (Å²) in [5, 5.41) is 0. The quantitative estimate of drug-likeness (QED) is 0.108. The van der Waals surface area contributed by atoms with Crippen LogP contribution in [0.2, 0.25) is 0 Å². The second-order valence-corrected chi connectivity index (χ2v) is 8.26. The maximum Gasteiger partial charge on any atom is 2.00 e. The molecule has 0 fully saturated rings. The van der Waals surface area contributed by atoms with Crippen molar-refractivity contribution in [3.63, 3.8) is 0 Å². The average Bonchev–Trinajstić information content (AvgIpc) is 2.80. The van der Waals surface area contributed by atoms with E-state index < -0.39 is 0 Å². The van der Waals surface area contributed by atoms with Crippen LogP contribution in [0.25, 0.3) is 0 Å². The largest absolute Gasteiger partial charge is 2.00 e. The molecule has 0 saturated heterocycles. The molecule has 0 heterocycles. The van der Waals surface area contributed by atoms with Crippen LogP contribution in [-0.4, -0.2) is 12.1 Å². The van der Waals surface area contributed by atoms with Crippen LogP contribution in [0.5, 0.6) is 0 Å². The molecule has 3 aromatic rings. The number of thioether (sulfide) groups is 1. The van der Waals surface area contributed by atoms with E-state index in [4.69, 9.17) is 0 Å². The van der Waals surface area contributed by atoms with Gasteiger partial charge in [-0.25, -0.2) is 0 Å². The fourth-order valence-electron chi connectivity index (χ4n) is 3.10. The molecule has 0 spiro atoms. The summed E-state index contributed by atoms with van der Waals surface area (Å²) in [7, 11) is 0. The van der Waals surface area contributed by atoms with E-state index in [0.29, 0.717) is 16.9 Å². The molecule has 0 N–H and O–H groups in total. The zero-order chi connectivity index (χ0) is 21.9. The Bertz CT molecular complexity index is 1070. The molecule has 32 heavy (non-hydrogen) atoms. The number of allylic oxidation sites excluding steroid dienone is 3. The van der Waals surface area contributed by atoms with Crippen LogP contribution < -0.4 is 0 Å². The summed E-state index contributed by atoms with van der Waals surface area (Å²) in [4.78, 5) is 26.0. The van der Waals surface area contributed by atoms with Crippen molar-refractivity contribution in [3.8, 4) is 0 Å². The van der Waals surface area contributed by atoms with Gasteiger partial charge in [-0.1, -0.05) is 73.7 Å². The topological polar surface area (TPSA) is 34.1 Å². The molecule has 0 aliphatic rings. The molecule has 158 valence electrons. The molecule has 4 heteroatoms. The van der Waals surface area contributed by atoms with Gasteiger partial charge in [0.15, 0.2) is 0 Å². The van der Waals surface area contributed by atoms with E-state index in [-0.39, 0.29) is 36.9 Å². The zero-order valence-electron chi connectivity index (χ0n) is 18.0. The third-order valence-corrected chi connectivity index (χ3v) is 5.70. The summed E-state index contributed by atoms with van der Waals surface area (Å²) in [6.07, 6.45) is 8.80. The van der Waals surface area contributed by atoms with E-state index in [1.807, 2.05) is 86.0 Å². The molecule has 0 bridgehead atoms. The van der Waals surface area contributed by atoms with Crippen LogP contribution in [0.15, 0.2) is 106 Å². The number of carbonyl (C=O) groups is 1. The molecule has 0 aliphatic carbocycles. The Morgan fingerprint density at radius 3 is 2.19 bits per heavy atom. The molecule has 2 nitrogen and oxygen atoms in total. The van der Waals surface area contributed by atoms with Crippen molar-refractivity contribution in [2.24, 2.45) is 0 Å². The normalized spacial score (nSPS) is 11.5.